The largest absolute Gasteiger partial charge is 0.402 e. The Kier molecular flexibility index (Phi) is 6.77. The van der Waals surface area contributed by atoms with Crippen LogP contribution in [-0.2, 0) is 10.0 Å². The topological polar surface area (TPSA) is 49.4 Å². The van der Waals surface area contributed by atoms with Crippen LogP contribution in [0.3, 0.4) is 0 Å². The number of rotatable bonds is 7. The zero-order chi connectivity index (χ0) is 15.4. The van der Waals surface area contributed by atoms with Crippen LogP contribution in [0.2, 0.25) is 0 Å². The lowest BCUT2D eigenvalue weighted by Gasteiger charge is -2.30. The number of alkyl halides is 3. The SMILES string of the molecule is CC(C)NCC(C)S(=O)(=O)N(CC(F)(F)F)C(C)C. The average Bonchev–Trinajstić information content (AvgIpc) is 2.20. The summed E-state index contributed by atoms with van der Waals surface area (Å²) < 4.78 is 62.2. The van der Waals surface area contributed by atoms with Crippen LogP contribution < -0.4 is 5.32 Å². The molecule has 0 aliphatic rings. The summed E-state index contributed by atoms with van der Waals surface area (Å²) in [5, 5.41) is 2.02. The first-order chi connectivity index (χ1) is 8.38. The monoisotopic (exact) mass is 304 g/mol. The molecule has 1 unspecified atom stereocenters. The van der Waals surface area contributed by atoms with Crippen LogP contribution in [0.25, 0.3) is 0 Å². The molecule has 0 aromatic heterocycles. The highest BCUT2D eigenvalue weighted by molar-refractivity contribution is 7.89. The molecule has 0 aliphatic carbocycles. The van der Waals surface area contributed by atoms with Gasteiger partial charge in [-0.05, 0) is 20.8 Å². The molecule has 0 aromatic rings. The molecule has 4 nitrogen and oxygen atoms in total. The van der Waals surface area contributed by atoms with E-state index in [4.69, 9.17) is 0 Å². The van der Waals surface area contributed by atoms with Gasteiger partial charge in [0.05, 0.1) is 5.25 Å². The second-order valence-corrected chi connectivity index (χ2v) is 7.48. The summed E-state index contributed by atoms with van der Waals surface area (Å²) in [6.07, 6.45) is -4.54. The maximum atomic E-state index is 12.5. The fraction of sp³-hybridized carbons (Fsp3) is 1.00. The van der Waals surface area contributed by atoms with Crippen molar-refractivity contribution in [3.63, 3.8) is 0 Å². The lowest BCUT2D eigenvalue weighted by molar-refractivity contribution is -0.138. The lowest BCUT2D eigenvalue weighted by atomic mass is 10.3. The molecule has 0 amide bonds. The van der Waals surface area contributed by atoms with Gasteiger partial charge in [0.2, 0.25) is 10.0 Å². The van der Waals surface area contributed by atoms with Crippen LogP contribution in [0.1, 0.15) is 34.6 Å². The smallest absolute Gasteiger partial charge is 0.313 e. The number of hydrogen-bond donors (Lipinski definition) is 1. The maximum absolute atomic E-state index is 12.5. The van der Waals surface area contributed by atoms with Crippen LogP contribution in [0, 0.1) is 0 Å². The minimum atomic E-state index is -4.54. The maximum Gasteiger partial charge on any atom is 0.402 e. The normalized spacial score (nSPS) is 15.5. The Morgan fingerprint density at radius 2 is 1.58 bits per heavy atom. The Morgan fingerprint density at radius 3 is 1.89 bits per heavy atom. The number of hydrogen-bond acceptors (Lipinski definition) is 3. The quantitative estimate of drug-likeness (QED) is 0.782. The molecule has 116 valence electrons. The zero-order valence-electron chi connectivity index (χ0n) is 12.0. The molecule has 19 heavy (non-hydrogen) atoms. The van der Waals surface area contributed by atoms with E-state index in [1.165, 1.54) is 20.8 Å². The summed E-state index contributed by atoms with van der Waals surface area (Å²) in [5.74, 6) is 0. The molecular weight excluding hydrogens is 281 g/mol. The van der Waals surface area contributed by atoms with Gasteiger partial charge in [-0.2, -0.15) is 17.5 Å². The predicted molar refractivity (Wildman–Crippen MR) is 69.4 cm³/mol. The van der Waals surface area contributed by atoms with E-state index in [1.807, 2.05) is 13.8 Å². The van der Waals surface area contributed by atoms with Gasteiger partial charge in [-0.3, -0.25) is 0 Å². The minimum Gasteiger partial charge on any atom is -0.313 e. The Morgan fingerprint density at radius 1 is 1.11 bits per heavy atom. The van der Waals surface area contributed by atoms with Crippen molar-refractivity contribution in [3.05, 3.63) is 0 Å². The standard InChI is InChI=1S/C11H23F3N2O2S/c1-8(2)15-6-10(5)19(17,18)16(9(3)4)7-11(12,13)14/h8-10,15H,6-7H2,1-5H3. The van der Waals surface area contributed by atoms with E-state index in [2.05, 4.69) is 5.32 Å². The van der Waals surface area contributed by atoms with E-state index in [0.717, 1.165) is 0 Å². The van der Waals surface area contributed by atoms with Gasteiger partial charge in [-0.15, -0.1) is 0 Å². The minimum absolute atomic E-state index is 0.0766. The molecule has 0 saturated carbocycles. The van der Waals surface area contributed by atoms with Gasteiger partial charge in [0.25, 0.3) is 0 Å². The number of halogens is 3. The van der Waals surface area contributed by atoms with Gasteiger partial charge >= 0.3 is 6.18 Å². The first-order valence-corrected chi connectivity index (χ1v) is 7.69. The lowest BCUT2D eigenvalue weighted by Crippen LogP contribution is -2.49. The van der Waals surface area contributed by atoms with Crippen LogP contribution >= 0.6 is 0 Å². The fourth-order valence-corrected chi connectivity index (χ4v) is 3.16. The first-order valence-electron chi connectivity index (χ1n) is 6.18. The summed E-state index contributed by atoms with van der Waals surface area (Å²) in [6.45, 7) is 6.65. The Balaban J connectivity index is 4.99. The van der Waals surface area contributed by atoms with E-state index in [-0.39, 0.29) is 12.6 Å². The van der Waals surface area contributed by atoms with Crippen molar-refractivity contribution < 1.29 is 21.6 Å². The van der Waals surface area contributed by atoms with E-state index in [9.17, 15) is 21.6 Å². The van der Waals surface area contributed by atoms with Gasteiger partial charge in [0, 0.05) is 18.6 Å². The third-order valence-electron chi connectivity index (χ3n) is 2.56. The van der Waals surface area contributed by atoms with Crippen molar-refractivity contribution in [2.24, 2.45) is 0 Å². The number of nitrogens with zero attached hydrogens (tertiary/aromatic N) is 1. The van der Waals surface area contributed by atoms with Crippen molar-refractivity contribution in [2.75, 3.05) is 13.1 Å². The van der Waals surface area contributed by atoms with Crippen molar-refractivity contribution in [3.8, 4) is 0 Å². The molecule has 0 bridgehead atoms. The fourth-order valence-electron chi connectivity index (χ4n) is 1.48. The summed E-state index contributed by atoms with van der Waals surface area (Å²) in [7, 11) is -3.98. The molecule has 0 spiro atoms. The third kappa shape index (κ3) is 6.58. The second kappa shape index (κ2) is 6.90. The highest BCUT2D eigenvalue weighted by Gasteiger charge is 2.39. The highest BCUT2D eigenvalue weighted by Crippen LogP contribution is 2.22. The molecular formula is C11H23F3N2O2S. The molecule has 0 fully saturated rings. The van der Waals surface area contributed by atoms with Crippen LogP contribution in [-0.4, -0.2) is 49.3 Å². The van der Waals surface area contributed by atoms with Crippen molar-refractivity contribution in [1.29, 1.82) is 0 Å². The Labute approximate surface area is 113 Å². The Bertz CT molecular complexity index is 367. The molecule has 1 N–H and O–H groups in total. The van der Waals surface area contributed by atoms with E-state index in [0.29, 0.717) is 4.31 Å². The molecule has 0 aliphatic heterocycles. The van der Waals surface area contributed by atoms with E-state index >= 15 is 0 Å². The molecule has 8 heteroatoms. The molecule has 0 aromatic carbocycles. The van der Waals surface area contributed by atoms with Gasteiger partial charge in [-0.1, -0.05) is 13.8 Å². The van der Waals surface area contributed by atoms with Gasteiger partial charge in [0.15, 0.2) is 0 Å². The van der Waals surface area contributed by atoms with Crippen molar-refractivity contribution in [1.82, 2.24) is 9.62 Å². The second-order valence-electron chi connectivity index (χ2n) is 5.17. The Hall–Kier alpha value is -0.340. The molecule has 0 radical (unpaired) electrons. The highest BCUT2D eigenvalue weighted by atomic mass is 32.2. The first kappa shape index (κ1) is 18.7. The molecule has 0 heterocycles. The summed E-state index contributed by atoms with van der Waals surface area (Å²) in [6, 6.07) is -0.652. The summed E-state index contributed by atoms with van der Waals surface area (Å²) in [5.41, 5.74) is 0. The van der Waals surface area contributed by atoms with Crippen LogP contribution in [0.15, 0.2) is 0 Å². The molecule has 1 atom stereocenters. The van der Waals surface area contributed by atoms with Crippen LogP contribution in [0.5, 0.6) is 0 Å². The van der Waals surface area contributed by atoms with E-state index < -0.39 is 34.0 Å². The summed E-state index contributed by atoms with van der Waals surface area (Å²) in [4.78, 5) is 0. The molecule has 0 saturated heterocycles. The predicted octanol–water partition coefficient (Wildman–Crippen LogP) is 1.98. The molecule has 0 rings (SSSR count). The summed E-state index contributed by atoms with van der Waals surface area (Å²) >= 11 is 0. The van der Waals surface area contributed by atoms with Crippen molar-refractivity contribution >= 4 is 10.0 Å². The van der Waals surface area contributed by atoms with Gasteiger partial charge < -0.3 is 5.32 Å². The van der Waals surface area contributed by atoms with Crippen LogP contribution in [0.4, 0.5) is 13.2 Å². The third-order valence-corrected chi connectivity index (χ3v) is 4.95. The number of nitrogens with one attached hydrogen (secondary N) is 1. The van der Waals surface area contributed by atoms with Gasteiger partial charge in [0.1, 0.15) is 6.54 Å². The van der Waals surface area contributed by atoms with Crippen molar-refractivity contribution in [2.45, 2.75) is 58.1 Å². The van der Waals surface area contributed by atoms with Gasteiger partial charge in [-0.25, -0.2) is 8.42 Å². The zero-order valence-corrected chi connectivity index (χ0v) is 12.8. The average molecular weight is 304 g/mol. The number of sulfonamides is 1. The van der Waals surface area contributed by atoms with E-state index in [1.54, 1.807) is 0 Å².